The summed E-state index contributed by atoms with van der Waals surface area (Å²) in [6, 6.07) is 22.5. The highest BCUT2D eigenvalue weighted by molar-refractivity contribution is 7.99. The molecule has 0 aliphatic rings. The van der Waals surface area contributed by atoms with Crippen LogP contribution >= 0.6 is 11.8 Å². The number of anilines is 1. The SMILES string of the molecule is COc1ccc(C(C)C)cc1S(=O)(=O)Nc1ccccc1Sc1ccccc1. The van der Waals surface area contributed by atoms with Crippen LogP contribution in [0.2, 0.25) is 0 Å². The maximum atomic E-state index is 13.2. The lowest BCUT2D eigenvalue weighted by atomic mass is 10.0. The highest BCUT2D eigenvalue weighted by atomic mass is 32.2. The number of para-hydroxylation sites is 1. The van der Waals surface area contributed by atoms with Crippen molar-refractivity contribution < 1.29 is 13.2 Å². The van der Waals surface area contributed by atoms with E-state index in [0.29, 0.717) is 11.4 Å². The summed E-state index contributed by atoms with van der Waals surface area (Å²) in [6.07, 6.45) is 0. The van der Waals surface area contributed by atoms with Crippen LogP contribution in [0.15, 0.2) is 87.5 Å². The van der Waals surface area contributed by atoms with Crippen LogP contribution in [0, 0.1) is 0 Å². The molecule has 28 heavy (non-hydrogen) atoms. The summed E-state index contributed by atoms with van der Waals surface area (Å²) in [7, 11) is -2.34. The summed E-state index contributed by atoms with van der Waals surface area (Å²) in [5.74, 6) is 0.533. The van der Waals surface area contributed by atoms with Crippen molar-refractivity contribution in [3.05, 3.63) is 78.4 Å². The Balaban J connectivity index is 1.97. The maximum Gasteiger partial charge on any atom is 0.265 e. The molecule has 0 radical (unpaired) electrons. The zero-order valence-electron chi connectivity index (χ0n) is 16.0. The van der Waals surface area contributed by atoms with Crippen LogP contribution in [0.5, 0.6) is 5.75 Å². The van der Waals surface area contributed by atoms with Gasteiger partial charge in [0.05, 0.1) is 12.8 Å². The Bertz CT molecular complexity index is 1050. The molecule has 0 saturated carbocycles. The number of hydrogen-bond acceptors (Lipinski definition) is 4. The van der Waals surface area contributed by atoms with Gasteiger partial charge in [-0.05, 0) is 47.9 Å². The fourth-order valence-electron chi connectivity index (χ4n) is 2.72. The molecule has 0 heterocycles. The van der Waals surface area contributed by atoms with Crippen molar-refractivity contribution in [1.82, 2.24) is 0 Å². The van der Waals surface area contributed by atoms with Crippen molar-refractivity contribution >= 4 is 27.5 Å². The summed E-state index contributed by atoms with van der Waals surface area (Å²) in [5, 5.41) is 0. The van der Waals surface area contributed by atoms with Gasteiger partial charge in [0.1, 0.15) is 10.6 Å². The number of ether oxygens (including phenoxy) is 1. The molecule has 146 valence electrons. The lowest BCUT2D eigenvalue weighted by molar-refractivity contribution is 0.402. The van der Waals surface area contributed by atoms with Gasteiger partial charge < -0.3 is 4.74 Å². The third-order valence-electron chi connectivity index (χ3n) is 4.25. The second-order valence-electron chi connectivity index (χ2n) is 6.58. The van der Waals surface area contributed by atoms with Crippen LogP contribution in [-0.4, -0.2) is 15.5 Å². The summed E-state index contributed by atoms with van der Waals surface area (Å²) in [6.45, 7) is 4.05. The Morgan fingerprint density at radius 3 is 2.29 bits per heavy atom. The summed E-state index contributed by atoms with van der Waals surface area (Å²) < 4.78 is 34.4. The van der Waals surface area contributed by atoms with E-state index in [0.717, 1.165) is 15.4 Å². The molecule has 0 spiro atoms. The van der Waals surface area contributed by atoms with Gasteiger partial charge in [-0.1, -0.05) is 62.0 Å². The van der Waals surface area contributed by atoms with E-state index >= 15 is 0 Å². The van der Waals surface area contributed by atoms with Crippen LogP contribution in [0.3, 0.4) is 0 Å². The highest BCUT2D eigenvalue weighted by Gasteiger charge is 2.22. The number of methoxy groups -OCH3 is 1. The predicted octanol–water partition coefficient (Wildman–Crippen LogP) is 5.77. The number of rotatable bonds is 7. The van der Waals surface area contributed by atoms with Gasteiger partial charge in [0.25, 0.3) is 10.0 Å². The van der Waals surface area contributed by atoms with Gasteiger partial charge in [0.2, 0.25) is 0 Å². The summed E-state index contributed by atoms with van der Waals surface area (Å²) in [4.78, 5) is 2.01. The molecule has 3 aromatic rings. The van der Waals surface area contributed by atoms with Crippen molar-refractivity contribution in [3.63, 3.8) is 0 Å². The van der Waals surface area contributed by atoms with Crippen LogP contribution in [0.25, 0.3) is 0 Å². The quantitative estimate of drug-likeness (QED) is 0.534. The minimum Gasteiger partial charge on any atom is -0.495 e. The van der Waals surface area contributed by atoms with Gasteiger partial charge in [-0.3, -0.25) is 4.72 Å². The van der Waals surface area contributed by atoms with Gasteiger partial charge in [-0.2, -0.15) is 0 Å². The van der Waals surface area contributed by atoms with E-state index in [1.807, 2.05) is 68.4 Å². The van der Waals surface area contributed by atoms with Crippen LogP contribution in [0.4, 0.5) is 5.69 Å². The topological polar surface area (TPSA) is 55.4 Å². The van der Waals surface area contributed by atoms with Crippen molar-refractivity contribution in [2.24, 2.45) is 0 Å². The van der Waals surface area contributed by atoms with Gasteiger partial charge in [0, 0.05) is 9.79 Å². The largest absolute Gasteiger partial charge is 0.495 e. The van der Waals surface area contributed by atoms with Gasteiger partial charge in [0.15, 0.2) is 0 Å². The minimum atomic E-state index is -3.82. The Morgan fingerprint density at radius 2 is 1.61 bits per heavy atom. The molecule has 0 aliphatic heterocycles. The third kappa shape index (κ3) is 4.69. The molecule has 0 unspecified atom stereocenters. The second-order valence-corrected chi connectivity index (χ2v) is 9.35. The number of sulfonamides is 1. The molecule has 0 aliphatic carbocycles. The standard InChI is InChI=1S/C22H23NO3S2/c1-16(2)17-13-14-20(26-3)22(15-17)28(24,25)23-19-11-7-8-12-21(19)27-18-9-5-4-6-10-18/h4-16,23H,1-3H3. The molecule has 4 nitrogen and oxygen atoms in total. The van der Waals surface area contributed by atoms with E-state index < -0.39 is 10.0 Å². The number of hydrogen-bond donors (Lipinski definition) is 1. The summed E-state index contributed by atoms with van der Waals surface area (Å²) in [5.41, 5.74) is 1.47. The molecule has 0 aromatic heterocycles. The second kappa shape index (κ2) is 8.71. The predicted molar refractivity (Wildman–Crippen MR) is 115 cm³/mol. The van der Waals surface area contributed by atoms with Crippen molar-refractivity contribution in [2.75, 3.05) is 11.8 Å². The Morgan fingerprint density at radius 1 is 0.929 bits per heavy atom. The molecule has 0 saturated heterocycles. The smallest absolute Gasteiger partial charge is 0.265 e. The van der Waals surface area contributed by atoms with E-state index in [4.69, 9.17) is 4.74 Å². The Hall–Kier alpha value is -2.44. The molecule has 6 heteroatoms. The molecule has 0 bridgehead atoms. The van der Waals surface area contributed by atoms with E-state index in [2.05, 4.69) is 4.72 Å². The Labute approximate surface area is 171 Å². The first-order valence-corrected chi connectivity index (χ1v) is 11.2. The van der Waals surface area contributed by atoms with Crippen LogP contribution < -0.4 is 9.46 Å². The van der Waals surface area contributed by atoms with E-state index in [1.54, 1.807) is 18.2 Å². The Kier molecular flexibility index (Phi) is 6.31. The molecule has 3 aromatic carbocycles. The van der Waals surface area contributed by atoms with Crippen LogP contribution in [-0.2, 0) is 10.0 Å². The van der Waals surface area contributed by atoms with E-state index in [9.17, 15) is 8.42 Å². The zero-order valence-corrected chi connectivity index (χ0v) is 17.7. The normalized spacial score (nSPS) is 11.4. The van der Waals surface area contributed by atoms with Gasteiger partial charge >= 0.3 is 0 Å². The molecule has 0 fully saturated rings. The third-order valence-corrected chi connectivity index (χ3v) is 6.72. The molecule has 1 N–H and O–H groups in total. The van der Waals surface area contributed by atoms with Crippen LogP contribution in [0.1, 0.15) is 25.3 Å². The fourth-order valence-corrected chi connectivity index (χ4v) is 4.99. The van der Waals surface area contributed by atoms with Gasteiger partial charge in [-0.15, -0.1) is 0 Å². The lowest BCUT2D eigenvalue weighted by Gasteiger charge is -2.16. The molecule has 0 amide bonds. The number of benzene rings is 3. The first-order chi connectivity index (χ1) is 13.4. The average Bonchev–Trinajstić information content (AvgIpc) is 2.69. The monoisotopic (exact) mass is 413 g/mol. The van der Waals surface area contributed by atoms with Crippen molar-refractivity contribution in [2.45, 2.75) is 34.5 Å². The highest BCUT2D eigenvalue weighted by Crippen LogP contribution is 2.35. The molecular formula is C22H23NO3S2. The number of nitrogens with one attached hydrogen (secondary N) is 1. The average molecular weight is 414 g/mol. The van der Waals surface area contributed by atoms with Gasteiger partial charge in [-0.25, -0.2) is 8.42 Å². The summed E-state index contributed by atoms with van der Waals surface area (Å²) >= 11 is 1.51. The van der Waals surface area contributed by atoms with E-state index in [1.165, 1.54) is 18.9 Å². The molecular weight excluding hydrogens is 390 g/mol. The zero-order chi connectivity index (χ0) is 20.1. The molecule has 3 rings (SSSR count). The van der Waals surface area contributed by atoms with E-state index in [-0.39, 0.29) is 10.8 Å². The van der Waals surface area contributed by atoms with Crippen molar-refractivity contribution in [3.8, 4) is 5.75 Å². The van der Waals surface area contributed by atoms with Crippen molar-refractivity contribution in [1.29, 1.82) is 0 Å². The molecule has 0 atom stereocenters. The lowest BCUT2D eigenvalue weighted by Crippen LogP contribution is -2.15. The first-order valence-electron chi connectivity index (χ1n) is 8.93. The maximum absolute atomic E-state index is 13.2. The fraction of sp³-hybridized carbons (Fsp3) is 0.182. The first kappa shape index (κ1) is 20.3. The minimum absolute atomic E-state index is 0.140.